The van der Waals surface area contributed by atoms with Crippen LogP contribution in [0.5, 0.6) is 0 Å². The molecule has 8 bridgehead atoms. The minimum Gasteiger partial charge on any atom is -0.392 e. The number of rotatable bonds is 11. The number of fused-ring (bicyclic) bond motifs is 20. The largest absolute Gasteiger partial charge is 0.392 e. The van der Waals surface area contributed by atoms with Gasteiger partial charge in [-0.05, 0) is 242 Å². The van der Waals surface area contributed by atoms with Crippen molar-refractivity contribution in [3.05, 3.63) is 193 Å². The average molecular weight is 2210 g/mol. The molecule has 8 aromatic rings. The first-order valence-electron chi connectivity index (χ1n) is 42.7. The second kappa shape index (κ2) is 36.9. The summed E-state index contributed by atoms with van der Waals surface area (Å²) in [6.45, 7) is 22.8. The van der Waals surface area contributed by atoms with Gasteiger partial charge in [-0.3, -0.25) is 19.9 Å². The van der Waals surface area contributed by atoms with Crippen LogP contribution in [0.4, 0.5) is 0 Å². The second-order valence-electron chi connectivity index (χ2n) is 39.3. The Bertz CT molecular complexity index is 4220. The fourth-order valence-electron chi connectivity index (χ4n) is 24.6. The van der Waals surface area contributed by atoms with Crippen LogP contribution < -0.4 is 0 Å². The topological polar surface area (TPSA) is 144 Å². The molecule has 606 valence electrons. The molecule has 0 saturated heterocycles. The van der Waals surface area contributed by atoms with Gasteiger partial charge in [0.15, 0.2) is 0 Å². The summed E-state index contributed by atoms with van der Waals surface area (Å²) < 4.78 is 0. The summed E-state index contributed by atoms with van der Waals surface area (Å²) in [7, 11) is 0. The summed E-state index contributed by atoms with van der Waals surface area (Å²) in [5, 5.41) is 19.5. The minimum atomic E-state index is -0.443. The van der Waals surface area contributed by atoms with Crippen molar-refractivity contribution in [2.75, 3.05) is 0 Å². The van der Waals surface area contributed by atoms with Gasteiger partial charge in [0.1, 0.15) is 25.3 Å². The summed E-state index contributed by atoms with van der Waals surface area (Å²) >= 11 is 0. The molecule has 4 aromatic heterocycles. The van der Waals surface area contributed by atoms with E-state index in [4.69, 9.17) is 0 Å². The van der Waals surface area contributed by atoms with E-state index in [2.05, 4.69) is 172 Å². The van der Waals surface area contributed by atoms with E-state index >= 15 is 0 Å². The van der Waals surface area contributed by atoms with Gasteiger partial charge in [-0.1, -0.05) is 133 Å². The Morgan fingerprint density at radius 3 is 1.15 bits per heavy atom. The van der Waals surface area contributed by atoms with E-state index in [-0.39, 0.29) is 96.7 Å². The van der Waals surface area contributed by atoms with Gasteiger partial charge < -0.3 is 10.2 Å². The standard InChI is InChI=1S/C24H29N2.C23H27N2.2C20H21N2.C11H24O2.4Ir/c1-24(2,3)23-13-22(25-14-26-23)16-7-4-6-15(10-16)20-11-17-12-21(20)19-9-5-8-18(17)19;1-14(2)22-12-23(25-13-24-22)16-8-6-15(7-9-16)20-10-17-11-21(20)19-5-3-4-18(17)19;2*1-2-5-13(6-3-1)19-11-20(22-12-21-19)18-10-14-9-17(18)16-8-4-7-15(14)16;1-10(2,3)8(12)7-9(13)11(4,5)6;;;;/h4,6,10,13-14,17-21H,5,8-9,11-12H2,1-3H3;6-8,12-14,17-21H,3-5,10-11H2,1-2H3;2*1-3,5,11-12,14-18H,4,7-10H2;8-9,12-13H,7H2,1-6H3;;;;/q4*-1;;;;;. The maximum absolute atomic E-state index is 9.76. The zero-order valence-corrected chi connectivity index (χ0v) is 77.7. The van der Waals surface area contributed by atoms with Crippen molar-refractivity contribution in [2.24, 2.45) is 106 Å². The van der Waals surface area contributed by atoms with Crippen LogP contribution in [0, 0.1) is 130 Å². The van der Waals surface area contributed by atoms with E-state index in [0.29, 0.717) is 24.2 Å². The Labute approximate surface area is 725 Å². The quantitative estimate of drug-likeness (QED) is 0.120. The van der Waals surface area contributed by atoms with Gasteiger partial charge >= 0.3 is 0 Å². The van der Waals surface area contributed by atoms with Crippen LogP contribution in [0.3, 0.4) is 0 Å². The Balaban J connectivity index is 0.000000131. The predicted molar refractivity (Wildman–Crippen MR) is 433 cm³/mol. The van der Waals surface area contributed by atoms with E-state index in [0.717, 1.165) is 163 Å². The zero-order valence-electron chi connectivity index (χ0n) is 68.1. The molecule has 12 saturated carbocycles. The van der Waals surface area contributed by atoms with Gasteiger partial charge in [-0.15, -0.1) is 143 Å². The van der Waals surface area contributed by atoms with Crippen LogP contribution in [0.25, 0.3) is 45.0 Å². The van der Waals surface area contributed by atoms with Crippen molar-refractivity contribution in [3.63, 3.8) is 0 Å². The van der Waals surface area contributed by atoms with Crippen LogP contribution in [0.15, 0.2) is 135 Å². The molecular formula is C98H122Ir4N8O2-4. The maximum Gasteiger partial charge on any atom is 0.105 e. The summed E-state index contributed by atoms with van der Waals surface area (Å²) in [6.07, 6.45) is 35.7. The van der Waals surface area contributed by atoms with E-state index < -0.39 is 12.2 Å². The van der Waals surface area contributed by atoms with Crippen LogP contribution >= 0.6 is 0 Å². The van der Waals surface area contributed by atoms with Crippen LogP contribution in [0.1, 0.15) is 274 Å². The number of benzene rings is 4. The maximum atomic E-state index is 9.76. The molecule has 112 heavy (non-hydrogen) atoms. The first kappa shape index (κ1) is 87.0. The molecule has 12 aliphatic carbocycles. The summed E-state index contributed by atoms with van der Waals surface area (Å²) in [6, 6.07) is 52.0. The Morgan fingerprint density at radius 2 is 0.741 bits per heavy atom. The second-order valence-corrected chi connectivity index (χ2v) is 39.3. The third-order valence-corrected chi connectivity index (χ3v) is 30.1. The van der Waals surface area contributed by atoms with Crippen molar-refractivity contribution in [1.29, 1.82) is 0 Å². The van der Waals surface area contributed by atoms with Gasteiger partial charge in [-0.2, -0.15) is 0 Å². The Morgan fingerprint density at radius 1 is 0.357 bits per heavy atom. The molecular weight excluding hydrogens is 2090 g/mol. The van der Waals surface area contributed by atoms with Crippen LogP contribution in [-0.4, -0.2) is 62.3 Å². The summed E-state index contributed by atoms with van der Waals surface area (Å²) in [5.74, 6) is 19.2. The normalized spacial score (nSPS) is 31.2. The van der Waals surface area contributed by atoms with Crippen LogP contribution in [-0.2, 0) is 85.8 Å². The number of nitrogens with zero attached hydrogens (tertiary/aromatic N) is 8. The van der Waals surface area contributed by atoms with E-state index in [1.54, 1.807) is 25.3 Å². The van der Waals surface area contributed by atoms with Gasteiger partial charge in [0.05, 0.1) is 12.2 Å². The predicted octanol–water partition coefficient (Wildman–Crippen LogP) is 22.5. The molecule has 10 nitrogen and oxygen atoms in total. The van der Waals surface area contributed by atoms with Crippen LogP contribution in [0.2, 0.25) is 0 Å². The molecule has 22 atom stereocenters. The van der Waals surface area contributed by atoms with E-state index in [1.807, 2.05) is 77.9 Å². The first-order chi connectivity index (χ1) is 52.1. The summed E-state index contributed by atoms with van der Waals surface area (Å²) in [5.41, 5.74) is 16.0. The van der Waals surface area contributed by atoms with Gasteiger partial charge in [0.2, 0.25) is 0 Å². The molecule has 0 aliphatic heterocycles. The minimum absolute atomic E-state index is 0. The molecule has 14 heteroatoms. The third-order valence-electron chi connectivity index (χ3n) is 30.1. The SMILES string of the molecule is CC(C)(C)C(O)CC(O)C(C)(C)C.CC(C)(C)c1cc(-c2[c-]ccc(C3CC4CC3C3CCCC43)c2)ncn1.CC(C)c1cc(-c2[c-]cc(C3CC4CC3C3CCCC43)cc2)ncn1.[Ir].[Ir].[Ir].[Ir].[c-]1ccccc1-c1cc(C2CC3CC2C2CCCC32)ncn1.[c-]1ccccc1-c1cc(C2CC3CC2C2CCCC32)ncn1. The monoisotopic (exact) mass is 2210 g/mol. The fourth-order valence-corrected chi connectivity index (χ4v) is 24.6. The number of hydrogen-bond donors (Lipinski definition) is 2. The Hall–Kier alpha value is -4.28. The van der Waals surface area contributed by atoms with Crippen molar-refractivity contribution in [1.82, 2.24) is 39.9 Å². The van der Waals surface area contributed by atoms with Crippen molar-refractivity contribution < 1.29 is 90.6 Å². The van der Waals surface area contributed by atoms with E-state index in [9.17, 15) is 10.2 Å². The molecule has 4 heterocycles. The first-order valence-corrected chi connectivity index (χ1v) is 42.7. The Kier molecular flexibility index (Phi) is 28.7. The van der Waals surface area contributed by atoms with E-state index in [1.165, 1.54) is 151 Å². The van der Waals surface area contributed by atoms with Crippen molar-refractivity contribution in [3.8, 4) is 45.0 Å². The number of aliphatic hydroxyl groups excluding tert-OH is 2. The smallest absolute Gasteiger partial charge is 0.105 e. The number of aromatic nitrogens is 8. The molecule has 12 aliphatic rings. The zero-order chi connectivity index (χ0) is 74.8. The fraction of sp³-hybridized carbons (Fsp3) is 0.592. The molecule has 20 rings (SSSR count). The van der Waals surface area contributed by atoms with Gasteiger partial charge in [-0.25, -0.2) is 19.9 Å². The van der Waals surface area contributed by atoms with Crippen molar-refractivity contribution >= 4 is 0 Å². The van der Waals surface area contributed by atoms with Gasteiger partial charge in [0.25, 0.3) is 0 Å². The van der Waals surface area contributed by atoms with Crippen molar-refractivity contribution in [2.45, 2.75) is 258 Å². The average Bonchev–Trinajstić information content (AvgIpc) is 1.61. The molecule has 0 spiro atoms. The molecule has 4 radical (unpaired) electrons. The number of hydrogen-bond acceptors (Lipinski definition) is 10. The molecule has 12 fully saturated rings. The molecule has 22 unspecified atom stereocenters. The molecule has 4 aromatic carbocycles. The van der Waals surface area contributed by atoms with Gasteiger partial charge in [0, 0.05) is 127 Å². The summed E-state index contributed by atoms with van der Waals surface area (Å²) in [4.78, 5) is 36.1. The third kappa shape index (κ3) is 18.6. The molecule has 0 amide bonds. The molecule has 2 N–H and O–H groups in total. The number of aliphatic hydroxyl groups is 2.